The van der Waals surface area contributed by atoms with E-state index in [-0.39, 0.29) is 35.3 Å². The van der Waals surface area contributed by atoms with Crippen LogP contribution in [-0.2, 0) is 24.3 Å². The van der Waals surface area contributed by atoms with Crippen molar-refractivity contribution in [1.29, 1.82) is 0 Å². The molecule has 1 amide bonds. The van der Waals surface area contributed by atoms with Crippen LogP contribution in [0.5, 0.6) is 0 Å². The summed E-state index contributed by atoms with van der Waals surface area (Å²) >= 11 is 0. The van der Waals surface area contributed by atoms with Crippen LogP contribution in [0.4, 0.5) is 0 Å². The molecule has 4 heterocycles. The minimum absolute atomic E-state index is 0. The smallest absolute Gasteiger partial charge is 0.220 e. The number of halogens is 1. The van der Waals surface area contributed by atoms with E-state index in [9.17, 15) is 4.79 Å². The molecule has 3 aliphatic rings. The molecule has 1 aromatic rings. The molecular formula is C17H28IN7O. The number of nitrogens with zero attached hydrogens (tertiary/aromatic N) is 5. The number of fused-ring (bicyclic) bond motifs is 1. The van der Waals surface area contributed by atoms with Crippen LogP contribution in [0.25, 0.3) is 0 Å². The summed E-state index contributed by atoms with van der Waals surface area (Å²) in [4.78, 5) is 18.9. The van der Waals surface area contributed by atoms with Crippen molar-refractivity contribution in [3.63, 3.8) is 0 Å². The lowest BCUT2D eigenvalue weighted by Crippen LogP contribution is -2.51. The molecule has 26 heavy (non-hydrogen) atoms. The molecule has 2 fully saturated rings. The first-order valence-electron chi connectivity index (χ1n) is 9.40. The molecule has 4 rings (SSSR count). The number of carbonyl (C=O) groups is 1. The van der Waals surface area contributed by atoms with Gasteiger partial charge in [0.05, 0.1) is 0 Å². The number of hydrogen-bond donors (Lipinski definition) is 2. The standard InChI is InChI=1S/C17H27N7O.HI/c1-2-18-16(19-10-14-22-21-13-5-3-8-24(13)14)23-7-4-6-17(12-23)9-15(25)20-11-17;/h2-12H2,1H3,(H,18,19)(H,20,25);1H. The zero-order valence-corrected chi connectivity index (χ0v) is 17.7. The number of piperidine rings is 1. The van der Waals surface area contributed by atoms with Gasteiger partial charge in [-0.2, -0.15) is 0 Å². The maximum Gasteiger partial charge on any atom is 0.220 e. The van der Waals surface area contributed by atoms with E-state index in [1.807, 2.05) is 0 Å². The zero-order chi connectivity index (χ0) is 17.3. The third kappa shape index (κ3) is 3.81. The third-order valence-corrected chi connectivity index (χ3v) is 5.55. The van der Waals surface area contributed by atoms with Gasteiger partial charge in [0.1, 0.15) is 12.4 Å². The van der Waals surface area contributed by atoms with Gasteiger partial charge in [-0.1, -0.05) is 0 Å². The Morgan fingerprint density at radius 3 is 3.00 bits per heavy atom. The molecule has 0 saturated carbocycles. The molecule has 0 radical (unpaired) electrons. The Morgan fingerprint density at radius 1 is 1.35 bits per heavy atom. The number of carbonyl (C=O) groups excluding carboxylic acids is 1. The molecule has 0 bridgehead atoms. The van der Waals surface area contributed by atoms with Gasteiger partial charge in [-0.05, 0) is 26.2 Å². The number of aliphatic imine (C=N–C) groups is 1. The maximum absolute atomic E-state index is 11.7. The van der Waals surface area contributed by atoms with Gasteiger partial charge in [0.15, 0.2) is 11.8 Å². The number of aryl methyl sites for hydroxylation is 1. The molecular weight excluding hydrogens is 445 g/mol. The Kier molecular flexibility index (Phi) is 6.03. The van der Waals surface area contributed by atoms with Crippen LogP contribution in [0.3, 0.4) is 0 Å². The second kappa shape index (κ2) is 8.10. The second-order valence-corrected chi connectivity index (χ2v) is 7.44. The number of amides is 1. The van der Waals surface area contributed by atoms with Crippen molar-refractivity contribution in [2.45, 2.75) is 52.1 Å². The molecule has 8 nitrogen and oxygen atoms in total. The first kappa shape index (κ1) is 19.4. The molecule has 1 spiro atoms. The molecule has 1 atom stereocenters. The van der Waals surface area contributed by atoms with Crippen molar-refractivity contribution in [3.8, 4) is 0 Å². The van der Waals surface area contributed by atoms with Gasteiger partial charge in [-0.25, -0.2) is 4.99 Å². The van der Waals surface area contributed by atoms with E-state index in [1.54, 1.807) is 0 Å². The SMILES string of the molecule is CCNC(=NCc1nnc2n1CCC2)N1CCCC2(CNC(=O)C2)C1.I. The van der Waals surface area contributed by atoms with E-state index in [2.05, 4.69) is 37.2 Å². The first-order valence-corrected chi connectivity index (χ1v) is 9.40. The number of nitrogens with one attached hydrogen (secondary N) is 2. The van der Waals surface area contributed by atoms with Gasteiger partial charge in [0.25, 0.3) is 0 Å². The van der Waals surface area contributed by atoms with Crippen molar-refractivity contribution in [3.05, 3.63) is 11.6 Å². The summed E-state index contributed by atoms with van der Waals surface area (Å²) in [5.74, 6) is 3.15. The summed E-state index contributed by atoms with van der Waals surface area (Å²) < 4.78 is 2.20. The van der Waals surface area contributed by atoms with E-state index < -0.39 is 0 Å². The molecule has 144 valence electrons. The van der Waals surface area contributed by atoms with Crippen LogP contribution in [0.2, 0.25) is 0 Å². The molecule has 2 N–H and O–H groups in total. The summed E-state index contributed by atoms with van der Waals surface area (Å²) in [6.45, 7) is 7.14. The van der Waals surface area contributed by atoms with E-state index in [0.29, 0.717) is 13.0 Å². The fraction of sp³-hybridized carbons (Fsp3) is 0.765. The van der Waals surface area contributed by atoms with E-state index in [4.69, 9.17) is 4.99 Å². The summed E-state index contributed by atoms with van der Waals surface area (Å²) in [6, 6.07) is 0. The molecule has 0 aliphatic carbocycles. The molecule has 1 aromatic heterocycles. The second-order valence-electron chi connectivity index (χ2n) is 7.44. The number of aromatic nitrogens is 3. The van der Waals surface area contributed by atoms with Gasteiger partial charge in [-0.3, -0.25) is 4.79 Å². The van der Waals surface area contributed by atoms with Crippen molar-refractivity contribution in [2.75, 3.05) is 26.2 Å². The van der Waals surface area contributed by atoms with Gasteiger partial charge in [0, 0.05) is 51.0 Å². The summed E-state index contributed by atoms with van der Waals surface area (Å²) in [6.07, 6.45) is 5.02. The van der Waals surface area contributed by atoms with Gasteiger partial charge >= 0.3 is 0 Å². The average Bonchev–Trinajstić information content (AvgIpc) is 3.29. The fourth-order valence-electron chi connectivity index (χ4n) is 4.33. The van der Waals surface area contributed by atoms with Crippen LogP contribution in [0.15, 0.2) is 4.99 Å². The van der Waals surface area contributed by atoms with Gasteiger partial charge in [-0.15, -0.1) is 34.2 Å². The third-order valence-electron chi connectivity index (χ3n) is 5.55. The number of hydrogen-bond acceptors (Lipinski definition) is 4. The van der Waals surface area contributed by atoms with Crippen LogP contribution >= 0.6 is 24.0 Å². The zero-order valence-electron chi connectivity index (χ0n) is 15.3. The molecule has 0 aromatic carbocycles. The van der Waals surface area contributed by atoms with Crippen LogP contribution in [0, 0.1) is 5.41 Å². The molecule has 1 unspecified atom stereocenters. The number of likely N-dealkylation sites (tertiary alicyclic amines) is 1. The Bertz CT molecular complexity index is 689. The number of guanidine groups is 1. The lowest BCUT2D eigenvalue weighted by atomic mass is 9.79. The van der Waals surface area contributed by atoms with Crippen molar-refractivity contribution in [1.82, 2.24) is 30.3 Å². The van der Waals surface area contributed by atoms with Crippen molar-refractivity contribution >= 4 is 35.8 Å². The van der Waals surface area contributed by atoms with Crippen molar-refractivity contribution < 1.29 is 4.79 Å². The summed E-state index contributed by atoms with van der Waals surface area (Å²) in [5.41, 5.74) is 0.0711. The first-order chi connectivity index (χ1) is 12.2. The Labute approximate surface area is 171 Å². The topological polar surface area (TPSA) is 87.4 Å². The Hall–Kier alpha value is -1.39. The lowest BCUT2D eigenvalue weighted by molar-refractivity contribution is -0.119. The molecule has 9 heteroatoms. The quantitative estimate of drug-likeness (QED) is 0.387. The summed E-state index contributed by atoms with van der Waals surface area (Å²) in [7, 11) is 0. The minimum Gasteiger partial charge on any atom is -0.357 e. The average molecular weight is 473 g/mol. The van der Waals surface area contributed by atoms with Gasteiger partial charge in [0.2, 0.25) is 5.91 Å². The molecule has 3 aliphatic heterocycles. The Morgan fingerprint density at radius 2 is 2.23 bits per heavy atom. The monoisotopic (exact) mass is 473 g/mol. The van der Waals surface area contributed by atoms with Crippen LogP contribution in [0.1, 0.15) is 44.3 Å². The van der Waals surface area contributed by atoms with Crippen LogP contribution < -0.4 is 10.6 Å². The predicted octanol–water partition coefficient (Wildman–Crippen LogP) is 0.910. The van der Waals surface area contributed by atoms with E-state index >= 15 is 0 Å². The van der Waals surface area contributed by atoms with E-state index in [1.165, 1.54) is 0 Å². The van der Waals surface area contributed by atoms with Crippen LogP contribution in [-0.4, -0.2) is 57.7 Å². The van der Waals surface area contributed by atoms with E-state index in [0.717, 1.165) is 76.0 Å². The largest absolute Gasteiger partial charge is 0.357 e. The molecule has 2 saturated heterocycles. The van der Waals surface area contributed by atoms with Gasteiger partial charge < -0.3 is 20.1 Å². The highest BCUT2D eigenvalue weighted by Gasteiger charge is 2.42. The summed E-state index contributed by atoms with van der Waals surface area (Å²) in [5, 5.41) is 15.0. The highest BCUT2D eigenvalue weighted by molar-refractivity contribution is 14.0. The highest BCUT2D eigenvalue weighted by atomic mass is 127. The lowest BCUT2D eigenvalue weighted by Gasteiger charge is -2.40. The fourth-order valence-corrected chi connectivity index (χ4v) is 4.33. The van der Waals surface area contributed by atoms with Crippen molar-refractivity contribution in [2.24, 2.45) is 10.4 Å². The maximum atomic E-state index is 11.7. The minimum atomic E-state index is 0. The predicted molar refractivity (Wildman–Crippen MR) is 109 cm³/mol. The Balaban J connectivity index is 0.00000196. The highest BCUT2D eigenvalue weighted by Crippen LogP contribution is 2.36. The normalized spacial score (nSPS) is 25.2. The number of rotatable bonds is 3.